The Morgan fingerprint density at radius 2 is 1.57 bits per heavy atom. The molecular weight excluding hydrogens is 403 g/mol. The molecule has 2 aliphatic rings. The molecule has 5 heteroatoms. The van der Waals surface area contributed by atoms with Crippen molar-refractivity contribution in [2.75, 3.05) is 18.1 Å². The Morgan fingerprint density at radius 3 is 2.13 bits per heavy atom. The van der Waals surface area contributed by atoms with Gasteiger partial charge in [0.15, 0.2) is 0 Å². The van der Waals surface area contributed by atoms with E-state index in [0.717, 1.165) is 55.5 Å². The summed E-state index contributed by atoms with van der Waals surface area (Å²) in [7, 11) is 2.01. The van der Waals surface area contributed by atoms with Gasteiger partial charge in [0.2, 0.25) is 0 Å². The van der Waals surface area contributed by atoms with Gasteiger partial charge in [0, 0.05) is 0 Å². The van der Waals surface area contributed by atoms with Gasteiger partial charge in [0.25, 0.3) is 0 Å². The molecule has 2 rings (SSSR count). The topological polar surface area (TPSA) is 58.2 Å². The van der Waals surface area contributed by atoms with Crippen molar-refractivity contribution in [2.24, 2.45) is 17.8 Å². The van der Waals surface area contributed by atoms with E-state index >= 15 is 0 Å². The standard InChI is InChI=1S/C18H32IN2O2/c1-13(22)15-7-9-17(10-8-15)21-12-19-18(23)16-5-3-14(4-6-16)11-20-2/h14-17,20-21H,3-12H2,1-2H3/q-1. The van der Waals surface area contributed by atoms with Gasteiger partial charge in [0.1, 0.15) is 0 Å². The average Bonchev–Trinajstić information content (AvgIpc) is 2.56. The molecule has 0 saturated heterocycles. The molecule has 134 valence electrons. The zero-order chi connectivity index (χ0) is 16.7. The van der Waals surface area contributed by atoms with Gasteiger partial charge in [-0.2, -0.15) is 0 Å². The van der Waals surface area contributed by atoms with Crippen LogP contribution in [-0.4, -0.2) is 33.8 Å². The number of nitrogens with one attached hydrogen (secondary N) is 2. The monoisotopic (exact) mass is 435 g/mol. The van der Waals surface area contributed by atoms with Gasteiger partial charge in [-0.25, -0.2) is 0 Å². The van der Waals surface area contributed by atoms with E-state index in [1.807, 2.05) is 7.05 Å². The summed E-state index contributed by atoms with van der Waals surface area (Å²) < 4.78 is 1.49. The number of Topliss-reactive ketones (excluding diaryl/α,β-unsaturated/α-hetero) is 1. The van der Waals surface area contributed by atoms with E-state index in [-0.39, 0.29) is 27.1 Å². The molecule has 0 heterocycles. The molecule has 0 spiro atoms. The Bertz CT molecular complexity index is 386. The van der Waals surface area contributed by atoms with Crippen LogP contribution in [0.3, 0.4) is 0 Å². The summed E-state index contributed by atoms with van der Waals surface area (Å²) >= 11 is -0.370. The predicted molar refractivity (Wildman–Crippen MR) is 88.8 cm³/mol. The van der Waals surface area contributed by atoms with Crippen LogP contribution >= 0.6 is 0 Å². The predicted octanol–water partition coefficient (Wildman–Crippen LogP) is -0.677. The summed E-state index contributed by atoms with van der Waals surface area (Å²) in [5.74, 6) is 1.76. The Kier molecular flexibility index (Phi) is 8.47. The van der Waals surface area contributed by atoms with Gasteiger partial charge in [-0.1, -0.05) is 0 Å². The van der Waals surface area contributed by atoms with Crippen molar-refractivity contribution in [3.63, 3.8) is 0 Å². The number of halogens is 1. The van der Waals surface area contributed by atoms with Crippen molar-refractivity contribution in [2.45, 2.75) is 64.3 Å². The molecule has 0 aromatic carbocycles. The van der Waals surface area contributed by atoms with Crippen molar-refractivity contribution >= 4 is 9.57 Å². The zero-order valence-electron chi connectivity index (χ0n) is 14.6. The summed E-state index contributed by atoms with van der Waals surface area (Å²) in [6.45, 7) is 2.81. The molecule has 0 aromatic heterocycles. The second kappa shape index (κ2) is 10.1. The third-order valence-corrected chi connectivity index (χ3v) is 7.98. The van der Waals surface area contributed by atoms with Crippen molar-refractivity contribution in [1.29, 1.82) is 0 Å². The van der Waals surface area contributed by atoms with Gasteiger partial charge in [0.05, 0.1) is 0 Å². The second-order valence-corrected chi connectivity index (χ2v) is 9.80. The molecule has 2 N–H and O–H groups in total. The third kappa shape index (κ3) is 6.42. The van der Waals surface area contributed by atoms with Crippen molar-refractivity contribution in [3.05, 3.63) is 0 Å². The molecule has 0 unspecified atom stereocenters. The van der Waals surface area contributed by atoms with Crippen LogP contribution in [-0.2, 0) is 9.59 Å². The Labute approximate surface area is 151 Å². The van der Waals surface area contributed by atoms with Crippen LogP contribution in [0, 0.1) is 17.8 Å². The van der Waals surface area contributed by atoms with Gasteiger partial charge in [-0.15, -0.1) is 0 Å². The van der Waals surface area contributed by atoms with E-state index in [9.17, 15) is 9.59 Å². The molecule has 0 aliphatic heterocycles. The van der Waals surface area contributed by atoms with E-state index in [4.69, 9.17) is 0 Å². The second-order valence-electron chi connectivity index (χ2n) is 7.21. The van der Waals surface area contributed by atoms with E-state index in [1.165, 1.54) is 12.8 Å². The molecule has 0 bridgehead atoms. The number of alkyl halides is 1. The van der Waals surface area contributed by atoms with Gasteiger partial charge in [-0.3, -0.25) is 0 Å². The van der Waals surface area contributed by atoms with Crippen LogP contribution in [0.1, 0.15) is 58.3 Å². The van der Waals surface area contributed by atoms with E-state index in [2.05, 4.69) is 10.6 Å². The first-order valence-electron chi connectivity index (χ1n) is 9.11. The number of carbonyl (C=O) groups is 2. The fraction of sp³-hybridized carbons (Fsp3) is 0.889. The Balaban J connectivity index is 1.58. The fourth-order valence-corrected chi connectivity index (χ4v) is 6.37. The maximum absolute atomic E-state index is 12.4. The van der Waals surface area contributed by atoms with Gasteiger partial charge < -0.3 is 0 Å². The van der Waals surface area contributed by atoms with Crippen molar-refractivity contribution < 1.29 is 30.8 Å². The van der Waals surface area contributed by atoms with Crippen LogP contribution in [0.5, 0.6) is 0 Å². The summed E-state index contributed by atoms with van der Waals surface area (Å²) in [5.41, 5.74) is 0. The van der Waals surface area contributed by atoms with Gasteiger partial charge >= 0.3 is 151 Å². The number of hydrogen-bond donors (Lipinski definition) is 2. The van der Waals surface area contributed by atoms with Crippen LogP contribution in [0.2, 0.25) is 0 Å². The first-order valence-corrected chi connectivity index (χ1v) is 11.7. The molecular formula is C18H32IN2O2-. The quantitative estimate of drug-likeness (QED) is 0.230. The van der Waals surface area contributed by atoms with Crippen molar-refractivity contribution in [3.8, 4) is 0 Å². The molecule has 0 atom stereocenters. The summed E-state index contributed by atoms with van der Waals surface area (Å²) in [6.07, 6.45) is 8.87. The zero-order valence-corrected chi connectivity index (χ0v) is 16.7. The fourth-order valence-electron chi connectivity index (χ4n) is 3.91. The Morgan fingerprint density at radius 1 is 0.957 bits per heavy atom. The summed E-state index contributed by atoms with van der Waals surface area (Å²) in [6, 6.07) is 0.532. The maximum atomic E-state index is 12.4. The van der Waals surface area contributed by atoms with E-state index in [1.54, 1.807) is 6.92 Å². The molecule has 0 amide bonds. The number of rotatable bonds is 8. The molecule has 2 aliphatic carbocycles. The molecule has 0 radical (unpaired) electrons. The average molecular weight is 435 g/mol. The Hall–Kier alpha value is -0.0100. The first kappa shape index (κ1) is 19.3. The van der Waals surface area contributed by atoms with E-state index in [0.29, 0.717) is 21.5 Å². The van der Waals surface area contributed by atoms with Crippen molar-refractivity contribution in [1.82, 2.24) is 10.6 Å². The van der Waals surface area contributed by atoms with Gasteiger partial charge in [-0.05, 0) is 0 Å². The number of carbonyl (C=O) groups excluding carboxylic acids is 2. The summed E-state index contributed by atoms with van der Waals surface area (Å²) in [4.78, 5) is 23.8. The first-order chi connectivity index (χ1) is 11.1. The third-order valence-electron chi connectivity index (χ3n) is 5.53. The van der Waals surface area contributed by atoms with E-state index < -0.39 is 0 Å². The molecule has 2 fully saturated rings. The number of hydrogen-bond acceptors (Lipinski definition) is 4. The molecule has 0 aromatic rings. The minimum absolute atomic E-state index is 0.289. The van der Waals surface area contributed by atoms with Crippen LogP contribution in [0.15, 0.2) is 0 Å². The minimum atomic E-state index is -0.370. The molecule has 4 nitrogen and oxygen atoms in total. The molecule has 23 heavy (non-hydrogen) atoms. The summed E-state index contributed by atoms with van der Waals surface area (Å²) in [5, 5.41) is 6.84. The normalized spacial score (nSPS) is 31.9. The number of ketones is 1. The SMILES string of the molecule is CNCC1CCC(C(=O)[I-]CNC2CCC(C(C)=O)CC2)CC1. The van der Waals surface area contributed by atoms with Crippen LogP contribution in [0.25, 0.3) is 0 Å². The van der Waals surface area contributed by atoms with Crippen LogP contribution < -0.4 is 31.8 Å². The molecule has 2 saturated carbocycles. The van der Waals surface area contributed by atoms with Crippen LogP contribution in [0.4, 0.5) is 0 Å².